The van der Waals surface area contributed by atoms with E-state index in [2.05, 4.69) is 16.8 Å². The fourth-order valence-corrected chi connectivity index (χ4v) is 4.45. The van der Waals surface area contributed by atoms with E-state index < -0.39 is 12.0 Å². The fourth-order valence-electron chi connectivity index (χ4n) is 3.77. The maximum Gasteiger partial charge on any atom is 0.338 e. The first kappa shape index (κ1) is 22.0. The number of nitrogens with one attached hydrogen (secondary N) is 1. The minimum absolute atomic E-state index is 0.0592. The molecule has 8 nitrogen and oxygen atoms in total. The van der Waals surface area contributed by atoms with Crippen molar-refractivity contribution in [1.29, 1.82) is 0 Å². The highest BCUT2D eigenvalue weighted by molar-refractivity contribution is 7.08. The Hall–Kier alpha value is -2.65. The summed E-state index contributed by atoms with van der Waals surface area (Å²) in [6.45, 7) is 10.6. The van der Waals surface area contributed by atoms with Gasteiger partial charge in [-0.1, -0.05) is 6.08 Å². The summed E-state index contributed by atoms with van der Waals surface area (Å²) in [5, 5.41) is 6.79. The van der Waals surface area contributed by atoms with E-state index in [1.807, 2.05) is 16.8 Å². The van der Waals surface area contributed by atoms with E-state index in [9.17, 15) is 14.4 Å². The molecule has 9 heteroatoms. The number of amides is 3. The van der Waals surface area contributed by atoms with Gasteiger partial charge in [0.05, 0.1) is 18.2 Å². The number of nitrogens with zero attached hydrogens (tertiary/aromatic N) is 3. The van der Waals surface area contributed by atoms with E-state index in [0.29, 0.717) is 44.0 Å². The summed E-state index contributed by atoms with van der Waals surface area (Å²) in [6, 6.07) is 1.08. The van der Waals surface area contributed by atoms with Crippen LogP contribution in [0.25, 0.3) is 0 Å². The molecular weight excluding hydrogens is 404 g/mol. The van der Waals surface area contributed by atoms with Gasteiger partial charge in [-0.05, 0) is 29.3 Å². The molecular formula is C21H28N4O4S. The predicted molar refractivity (Wildman–Crippen MR) is 115 cm³/mol. The van der Waals surface area contributed by atoms with E-state index in [4.69, 9.17) is 4.74 Å². The van der Waals surface area contributed by atoms with E-state index in [1.165, 1.54) is 11.3 Å². The molecule has 3 heterocycles. The predicted octanol–water partition coefficient (Wildman–Crippen LogP) is 1.98. The molecule has 0 aliphatic carbocycles. The lowest BCUT2D eigenvalue weighted by Crippen LogP contribution is -2.53. The number of hydrogen-bond donors (Lipinski definition) is 1. The van der Waals surface area contributed by atoms with E-state index in [-0.39, 0.29) is 25.1 Å². The van der Waals surface area contributed by atoms with Crippen LogP contribution >= 0.6 is 11.3 Å². The molecule has 0 unspecified atom stereocenters. The van der Waals surface area contributed by atoms with Crippen LogP contribution in [0, 0.1) is 0 Å². The topological polar surface area (TPSA) is 82.2 Å². The minimum atomic E-state index is -0.558. The Balaban J connectivity index is 1.98. The smallest absolute Gasteiger partial charge is 0.338 e. The van der Waals surface area contributed by atoms with Crippen molar-refractivity contribution < 1.29 is 19.1 Å². The Morgan fingerprint density at radius 1 is 1.33 bits per heavy atom. The largest absolute Gasteiger partial charge is 0.463 e. The van der Waals surface area contributed by atoms with Gasteiger partial charge in [-0.2, -0.15) is 11.3 Å². The highest BCUT2D eigenvalue weighted by Crippen LogP contribution is 2.33. The second-order valence-corrected chi connectivity index (χ2v) is 7.98. The normalized spacial score (nSPS) is 20.2. The first-order chi connectivity index (χ1) is 14.5. The van der Waals surface area contributed by atoms with Crippen molar-refractivity contribution in [3.63, 3.8) is 0 Å². The maximum absolute atomic E-state index is 13.0. The van der Waals surface area contributed by atoms with Crippen LogP contribution in [0.15, 0.2) is 40.8 Å². The second-order valence-electron chi connectivity index (χ2n) is 7.20. The molecule has 162 valence electrons. The van der Waals surface area contributed by atoms with Crippen molar-refractivity contribution in [3.8, 4) is 0 Å². The van der Waals surface area contributed by atoms with Crippen molar-refractivity contribution in [2.24, 2.45) is 0 Å². The van der Waals surface area contributed by atoms with Crippen LogP contribution < -0.4 is 5.32 Å². The van der Waals surface area contributed by atoms with Crippen molar-refractivity contribution in [3.05, 3.63) is 46.3 Å². The maximum atomic E-state index is 13.0. The number of piperazine rings is 1. The number of carbonyl (C=O) groups excluding carboxylic acids is 3. The van der Waals surface area contributed by atoms with Crippen LogP contribution in [-0.4, -0.2) is 78.5 Å². The minimum Gasteiger partial charge on any atom is -0.463 e. The van der Waals surface area contributed by atoms with Crippen molar-refractivity contribution in [2.75, 3.05) is 45.9 Å². The second kappa shape index (κ2) is 9.90. The molecule has 1 saturated heterocycles. The van der Waals surface area contributed by atoms with E-state index in [1.54, 1.807) is 29.7 Å². The Kier molecular flexibility index (Phi) is 7.28. The molecule has 0 saturated carbocycles. The molecule has 2 aliphatic rings. The highest BCUT2D eigenvalue weighted by Gasteiger charge is 2.38. The number of hydrogen-bond acceptors (Lipinski definition) is 6. The number of thiophene rings is 1. The van der Waals surface area contributed by atoms with E-state index in [0.717, 1.165) is 5.56 Å². The van der Waals surface area contributed by atoms with Gasteiger partial charge in [-0.15, -0.1) is 6.58 Å². The number of rotatable bonds is 7. The summed E-state index contributed by atoms with van der Waals surface area (Å²) in [5.41, 5.74) is 1.93. The van der Waals surface area contributed by atoms with Gasteiger partial charge in [0.2, 0.25) is 5.91 Å². The van der Waals surface area contributed by atoms with Gasteiger partial charge in [0.15, 0.2) is 0 Å². The van der Waals surface area contributed by atoms with Crippen molar-refractivity contribution in [1.82, 2.24) is 20.0 Å². The molecule has 1 aromatic rings. The van der Waals surface area contributed by atoms with Crippen LogP contribution in [0.1, 0.15) is 25.5 Å². The van der Waals surface area contributed by atoms with Crippen LogP contribution in [0.4, 0.5) is 4.79 Å². The zero-order valence-corrected chi connectivity index (χ0v) is 18.2. The summed E-state index contributed by atoms with van der Waals surface area (Å²) in [6.07, 6.45) is 1.64. The van der Waals surface area contributed by atoms with Crippen molar-refractivity contribution in [2.45, 2.75) is 19.9 Å². The zero-order chi connectivity index (χ0) is 21.7. The molecule has 0 radical (unpaired) electrons. The number of esters is 1. The van der Waals surface area contributed by atoms with Gasteiger partial charge in [0.1, 0.15) is 0 Å². The van der Waals surface area contributed by atoms with Gasteiger partial charge in [0, 0.05) is 51.9 Å². The SMILES string of the molecule is C=CCN1C(=O)N[C@H](c2ccsc2)C(C(=O)OCC)=C1CN1CCN(C(C)=O)CC1. The fraction of sp³-hybridized carbons (Fsp3) is 0.476. The molecule has 3 amide bonds. The number of ether oxygens (including phenoxy) is 1. The van der Waals surface area contributed by atoms with Gasteiger partial charge >= 0.3 is 12.0 Å². The zero-order valence-electron chi connectivity index (χ0n) is 17.4. The Labute approximate surface area is 180 Å². The van der Waals surface area contributed by atoms with Gasteiger partial charge in [-0.3, -0.25) is 14.6 Å². The third-order valence-electron chi connectivity index (χ3n) is 5.31. The van der Waals surface area contributed by atoms with Gasteiger partial charge < -0.3 is 15.0 Å². The van der Waals surface area contributed by atoms with Crippen LogP contribution in [0.2, 0.25) is 0 Å². The average molecular weight is 433 g/mol. The first-order valence-electron chi connectivity index (χ1n) is 10.0. The lowest BCUT2D eigenvalue weighted by Gasteiger charge is -2.40. The van der Waals surface area contributed by atoms with Crippen molar-refractivity contribution >= 4 is 29.2 Å². The lowest BCUT2D eigenvalue weighted by atomic mass is 9.96. The van der Waals surface area contributed by atoms with Gasteiger partial charge in [0.25, 0.3) is 0 Å². The molecule has 30 heavy (non-hydrogen) atoms. The molecule has 0 aromatic carbocycles. The summed E-state index contributed by atoms with van der Waals surface area (Å²) in [4.78, 5) is 43.1. The quantitative estimate of drug-likeness (QED) is 0.526. The third-order valence-corrected chi connectivity index (χ3v) is 6.01. The Morgan fingerprint density at radius 3 is 2.63 bits per heavy atom. The molecule has 0 bridgehead atoms. The van der Waals surface area contributed by atoms with Crippen LogP contribution in [0.3, 0.4) is 0 Å². The third kappa shape index (κ3) is 4.73. The molecule has 1 N–H and O–H groups in total. The number of carbonyl (C=O) groups is 3. The highest BCUT2D eigenvalue weighted by atomic mass is 32.1. The first-order valence-corrected chi connectivity index (χ1v) is 11.0. The monoisotopic (exact) mass is 432 g/mol. The summed E-state index contributed by atoms with van der Waals surface area (Å²) in [5.74, 6) is -0.371. The molecule has 1 atom stereocenters. The lowest BCUT2D eigenvalue weighted by molar-refractivity contribution is -0.139. The standard InChI is InChI=1S/C21H28N4O4S/c1-4-7-25-17(13-23-8-10-24(11-9-23)15(3)26)18(20(27)29-5-2)19(22-21(25)28)16-6-12-30-14-16/h4,6,12,14,19H,1,5,7-11,13H2,2-3H3,(H,22,28)/t19-/m1/s1. The molecule has 0 spiro atoms. The molecule has 1 aromatic heterocycles. The van der Waals surface area contributed by atoms with Gasteiger partial charge in [-0.25, -0.2) is 9.59 Å². The Morgan fingerprint density at radius 2 is 2.07 bits per heavy atom. The summed E-state index contributed by atoms with van der Waals surface area (Å²) >= 11 is 1.51. The van der Waals surface area contributed by atoms with Crippen LogP contribution in [0.5, 0.6) is 0 Å². The molecule has 2 aliphatic heterocycles. The van der Waals surface area contributed by atoms with E-state index >= 15 is 0 Å². The average Bonchev–Trinajstić information content (AvgIpc) is 3.25. The van der Waals surface area contributed by atoms with Crippen LogP contribution in [-0.2, 0) is 14.3 Å². The molecule has 3 rings (SSSR count). The summed E-state index contributed by atoms with van der Waals surface area (Å²) < 4.78 is 5.37. The molecule has 1 fully saturated rings. The Bertz CT molecular complexity index is 828. The summed E-state index contributed by atoms with van der Waals surface area (Å²) in [7, 11) is 0. The number of urea groups is 1.